The monoisotopic (exact) mass is 167 g/mol. The number of aryl methyl sites for hydroxylation is 1. The van der Waals surface area contributed by atoms with Gasteiger partial charge in [0.25, 0.3) is 0 Å². The number of carbonyl (C=O) groups is 1. The lowest BCUT2D eigenvalue weighted by atomic mass is 10.3. The summed E-state index contributed by atoms with van der Waals surface area (Å²) in [5, 5.41) is 8.48. The second-order valence-electron chi connectivity index (χ2n) is 2.26. The van der Waals surface area contributed by atoms with Gasteiger partial charge < -0.3 is 9.52 Å². The molecule has 0 radical (unpaired) electrons. The second kappa shape index (κ2) is 3.71. The van der Waals surface area contributed by atoms with Crippen LogP contribution in [0.1, 0.15) is 22.8 Å². The second-order valence-corrected chi connectivity index (χ2v) is 2.26. The van der Waals surface area contributed by atoms with E-state index in [1.807, 2.05) is 0 Å². The van der Waals surface area contributed by atoms with Gasteiger partial charge in [-0.1, -0.05) is 6.08 Å². The van der Waals surface area contributed by atoms with Gasteiger partial charge in [-0.05, 0) is 6.42 Å². The summed E-state index contributed by atoms with van der Waals surface area (Å²) in [6.45, 7) is 3.53. The van der Waals surface area contributed by atoms with Crippen molar-refractivity contribution in [3.63, 3.8) is 0 Å². The molecule has 0 saturated heterocycles. The van der Waals surface area contributed by atoms with Crippen LogP contribution in [0.2, 0.25) is 0 Å². The molecular formula is C8H9NO3. The molecule has 0 amide bonds. The number of carboxylic acids is 1. The highest BCUT2D eigenvalue weighted by molar-refractivity contribution is 5.84. The molecule has 0 atom stereocenters. The van der Waals surface area contributed by atoms with Crippen LogP contribution in [0, 0.1) is 0 Å². The van der Waals surface area contributed by atoms with Gasteiger partial charge in [0.2, 0.25) is 0 Å². The molecule has 0 aliphatic rings. The number of carboxylic acid groups (broad SMARTS) is 1. The van der Waals surface area contributed by atoms with Crippen molar-refractivity contribution in [2.45, 2.75) is 12.8 Å². The molecular weight excluding hydrogens is 158 g/mol. The lowest BCUT2D eigenvalue weighted by Crippen LogP contribution is -1.96. The molecule has 0 aromatic carbocycles. The highest BCUT2D eigenvalue weighted by Gasteiger charge is 2.08. The zero-order valence-corrected chi connectivity index (χ0v) is 6.49. The molecule has 12 heavy (non-hydrogen) atoms. The fraction of sp³-hybridized carbons (Fsp3) is 0.250. The third-order valence-corrected chi connectivity index (χ3v) is 1.33. The maximum absolute atomic E-state index is 10.3. The van der Waals surface area contributed by atoms with E-state index in [-0.39, 0.29) is 5.69 Å². The Hall–Kier alpha value is -1.58. The van der Waals surface area contributed by atoms with E-state index in [1.165, 1.54) is 0 Å². The summed E-state index contributed by atoms with van der Waals surface area (Å²) in [7, 11) is 0. The molecule has 0 aliphatic heterocycles. The third kappa shape index (κ3) is 1.95. The van der Waals surface area contributed by atoms with E-state index in [2.05, 4.69) is 11.6 Å². The molecule has 0 saturated carbocycles. The zero-order valence-electron chi connectivity index (χ0n) is 6.49. The van der Waals surface area contributed by atoms with Crippen molar-refractivity contribution in [3.8, 4) is 0 Å². The lowest BCUT2D eigenvalue weighted by Gasteiger charge is -1.86. The average molecular weight is 167 g/mol. The van der Waals surface area contributed by atoms with Gasteiger partial charge in [-0.25, -0.2) is 9.78 Å². The number of rotatable bonds is 4. The first-order chi connectivity index (χ1) is 5.74. The number of hydrogen-bond donors (Lipinski definition) is 1. The molecule has 4 nitrogen and oxygen atoms in total. The molecule has 1 aromatic rings. The van der Waals surface area contributed by atoms with E-state index in [4.69, 9.17) is 9.52 Å². The molecule has 1 rings (SSSR count). The molecule has 64 valence electrons. The normalized spacial score (nSPS) is 9.67. The van der Waals surface area contributed by atoms with E-state index in [0.29, 0.717) is 12.3 Å². The van der Waals surface area contributed by atoms with E-state index >= 15 is 0 Å². The SMILES string of the molecule is C=CCCc1nc(C(=O)O)co1. The predicted octanol–water partition coefficient (Wildman–Crippen LogP) is 1.49. The number of allylic oxidation sites excluding steroid dienone is 1. The summed E-state index contributed by atoms with van der Waals surface area (Å²) < 4.78 is 4.89. The first-order valence-corrected chi connectivity index (χ1v) is 3.52. The molecule has 0 unspecified atom stereocenters. The minimum atomic E-state index is -1.07. The number of nitrogens with zero attached hydrogens (tertiary/aromatic N) is 1. The Morgan fingerprint density at radius 2 is 2.58 bits per heavy atom. The van der Waals surface area contributed by atoms with E-state index in [9.17, 15) is 4.79 Å². The molecule has 1 heterocycles. The lowest BCUT2D eigenvalue weighted by molar-refractivity contribution is 0.0690. The minimum Gasteiger partial charge on any atom is -0.476 e. The summed E-state index contributed by atoms with van der Waals surface area (Å²) >= 11 is 0. The molecule has 1 N–H and O–H groups in total. The average Bonchev–Trinajstić information content (AvgIpc) is 2.48. The highest BCUT2D eigenvalue weighted by Crippen LogP contribution is 2.04. The third-order valence-electron chi connectivity index (χ3n) is 1.33. The highest BCUT2D eigenvalue weighted by atomic mass is 16.4. The number of oxazole rings is 1. The summed E-state index contributed by atoms with van der Waals surface area (Å²) in [4.78, 5) is 14.1. The van der Waals surface area contributed by atoms with Gasteiger partial charge in [0.05, 0.1) is 0 Å². The number of hydrogen-bond acceptors (Lipinski definition) is 3. The Labute approximate surface area is 69.5 Å². The minimum absolute atomic E-state index is 0.0472. The van der Waals surface area contributed by atoms with Crippen molar-refractivity contribution in [2.24, 2.45) is 0 Å². The van der Waals surface area contributed by atoms with Crippen LogP contribution in [-0.4, -0.2) is 16.1 Å². The predicted molar refractivity (Wildman–Crippen MR) is 42.0 cm³/mol. The summed E-state index contributed by atoms with van der Waals surface area (Å²) in [6, 6.07) is 0. The van der Waals surface area contributed by atoms with Gasteiger partial charge >= 0.3 is 5.97 Å². The van der Waals surface area contributed by atoms with Gasteiger partial charge in [0, 0.05) is 6.42 Å². The van der Waals surface area contributed by atoms with Crippen molar-refractivity contribution in [1.82, 2.24) is 4.98 Å². The van der Waals surface area contributed by atoms with Crippen LogP contribution >= 0.6 is 0 Å². The number of aromatic nitrogens is 1. The molecule has 1 aromatic heterocycles. The van der Waals surface area contributed by atoms with Crippen LogP contribution in [0.5, 0.6) is 0 Å². The molecule has 0 aliphatic carbocycles. The number of aromatic carboxylic acids is 1. The fourth-order valence-electron chi connectivity index (χ4n) is 0.749. The fourth-order valence-corrected chi connectivity index (χ4v) is 0.749. The Kier molecular flexibility index (Phi) is 2.63. The van der Waals surface area contributed by atoms with Crippen LogP contribution in [0.15, 0.2) is 23.3 Å². The van der Waals surface area contributed by atoms with Crippen LogP contribution in [0.4, 0.5) is 0 Å². The smallest absolute Gasteiger partial charge is 0.357 e. The van der Waals surface area contributed by atoms with Gasteiger partial charge in [-0.15, -0.1) is 6.58 Å². The van der Waals surface area contributed by atoms with Crippen molar-refractivity contribution in [3.05, 3.63) is 30.5 Å². The topological polar surface area (TPSA) is 63.3 Å². The summed E-state index contributed by atoms with van der Waals surface area (Å²) in [6.07, 6.45) is 4.20. The molecule has 0 spiro atoms. The van der Waals surface area contributed by atoms with Crippen LogP contribution in [0.25, 0.3) is 0 Å². The Balaban J connectivity index is 2.64. The Morgan fingerprint density at radius 3 is 3.08 bits per heavy atom. The Bertz CT molecular complexity index is 290. The van der Waals surface area contributed by atoms with Crippen molar-refractivity contribution in [1.29, 1.82) is 0 Å². The van der Waals surface area contributed by atoms with E-state index in [0.717, 1.165) is 12.7 Å². The van der Waals surface area contributed by atoms with Gasteiger partial charge in [0.15, 0.2) is 11.6 Å². The van der Waals surface area contributed by atoms with Crippen molar-refractivity contribution < 1.29 is 14.3 Å². The van der Waals surface area contributed by atoms with Gasteiger partial charge in [-0.3, -0.25) is 0 Å². The first-order valence-electron chi connectivity index (χ1n) is 3.52. The van der Waals surface area contributed by atoms with E-state index in [1.54, 1.807) is 6.08 Å². The maximum Gasteiger partial charge on any atom is 0.357 e. The largest absolute Gasteiger partial charge is 0.476 e. The molecule has 0 bridgehead atoms. The zero-order chi connectivity index (χ0) is 8.97. The van der Waals surface area contributed by atoms with Gasteiger partial charge in [0.1, 0.15) is 6.26 Å². The maximum atomic E-state index is 10.3. The van der Waals surface area contributed by atoms with Gasteiger partial charge in [-0.2, -0.15) is 0 Å². The Morgan fingerprint density at radius 1 is 1.83 bits per heavy atom. The summed E-state index contributed by atoms with van der Waals surface area (Å²) in [5.74, 6) is -0.629. The van der Waals surface area contributed by atoms with Crippen molar-refractivity contribution in [2.75, 3.05) is 0 Å². The van der Waals surface area contributed by atoms with Crippen LogP contribution in [0.3, 0.4) is 0 Å². The van der Waals surface area contributed by atoms with Crippen LogP contribution < -0.4 is 0 Å². The summed E-state index contributed by atoms with van der Waals surface area (Å²) in [5.41, 5.74) is -0.0472. The van der Waals surface area contributed by atoms with E-state index < -0.39 is 5.97 Å². The first kappa shape index (κ1) is 8.52. The quantitative estimate of drug-likeness (QED) is 0.690. The molecule has 4 heteroatoms. The van der Waals surface area contributed by atoms with Crippen LogP contribution in [-0.2, 0) is 6.42 Å². The van der Waals surface area contributed by atoms with Crippen molar-refractivity contribution >= 4 is 5.97 Å². The molecule has 0 fully saturated rings. The standard InChI is InChI=1S/C8H9NO3/c1-2-3-4-7-9-6(5-12-7)8(10)11/h2,5H,1,3-4H2,(H,10,11).